The summed E-state index contributed by atoms with van der Waals surface area (Å²) in [5.74, 6) is 0. The van der Waals surface area contributed by atoms with Gasteiger partial charge < -0.3 is 5.32 Å². The van der Waals surface area contributed by atoms with Crippen molar-refractivity contribution in [1.82, 2.24) is 20.1 Å². The summed E-state index contributed by atoms with van der Waals surface area (Å²) in [4.78, 5) is 11.1. The maximum absolute atomic E-state index is 4.40. The van der Waals surface area contributed by atoms with E-state index in [1.165, 1.54) is 29.8 Å². The predicted octanol–water partition coefficient (Wildman–Crippen LogP) is 7.32. The van der Waals surface area contributed by atoms with Gasteiger partial charge in [-0.15, -0.1) is 6.58 Å². The number of likely N-dealkylation sites (tertiary alicyclic amines) is 1. The van der Waals surface area contributed by atoms with Crippen LogP contribution in [0.5, 0.6) is 0 Å². The van der Waals surface area contributed by atoms with Gasteiger partial charge in [-0.3, -0.25) is 20.0 Å². The molecular weight excluding hydrogens is 480 g/mol. The number of aromatic nitrogens is 3. The molecule has 39 heavy (non-hydrogen) atoms. The quantitative estimate of drug-likeness (QED) is 0.253. The molecule has 1 fully saturated rings. The van der Waals surface area contributed by atoms with Gasteiger partial charge in [0.25, 0.3) is 0 Å². The summed E-state index contributed by atoms with van der Waals surface area (Å²) in [5.41, 5.74) is 10.7. The molecule has 6 nitrogen and oxygen atoms in total. The molecule has 1 aliphatic heterocycles. The minimum Gasteiger partial charge on any atom is -0.353 e. The van der Waals surface area contributed by atoms with Crippen LogP contribution in [0.25, 0.3) is 16.5 Å². The monoisotopic (exact) mass is 520 g/mol. The molecule has 0 saturated carbocycles. The van der Waals surface area contributed by atoms with Crippen molar-refractivity contribution in [3.05, 3.63) is 107 Å². The van der Waals surface area contributed by atoms with Crippen LogP contribution < -0.4 is 5.32 Å². The molecule has 0 atom stereocenters. The van der Waals surface area contributed by atoms with Crippen molar-refractivity contribution in [3.8, 4) is 0 Å². The first-order valence-electron chi connectivity index (χ1n) is 13.4. The topological polar surface area (TPSA) is 69.2 Å². The van der Waals surface area contributed by atoms with Crippen molar-refractivity contribution < 1.29 is 0 Å². The summed E-state index contributed by atoms with van der Waals surface area (Å²) in [5, 5.41) is 11.7. The van der Waals surface area contributed by atoms with E-state index in [0.29, 0.717) is 11.1 Å². The fourth-order valence-electron chi connectivity index (χ4n) is 5.27. The van der Waals surface area contributed by atoms with E-state index < -0.39 is 0 Å². The average Bonchev–Trinajstić information content (AvgIpc) is 3.36. The van der Waals surface area contributed by atoms with Gasteiger partial charge in [-0.05, 0) is 79.3 Å². The summed E-state index contributed by atoms with van der Waals surface area (Å²) in [6, 6.07) is 6.25. The van der Waals surface area contributed by atoms with Gasteiger partial charge >= 0.3 is 0 Å². The molecule has 1 aromatic carbocycles. The first-order valence-corrected chi connectivity index (χ1v) is 13.4. The normalized spacial score (nSPS) is 17.4. The molecule has 3 aromatic rings. The zero-order valence-electron chi connectivity index (χ0n) is 23.9. The Morgan fingerprint density at radius 2 is 1.95 bits per heavy atom. The number of H-pyrrole nitrogens is 1. The molecule has 0 unspecified atom stereocenters. The zero-order chi connectivity index (χ0) is 28.2. The fourth-order valence-corrected chi connectivity index (χ4v) is 5.27. The van der Waals surface area contributed by atoms with Crippen LogP contribution in [-0.4, -0.2) is 46.4 Å². The number of nitrogens with zero attached hydrogens (tertiary/aromatic N) is 4. The van der Waals surface area contributed by atoms with Gasteiger partial charge in [-0.25, -0.2) is 0 Å². The Bertz CT molecular complexity index is 1490. The minimum absolute atomic E-state index is 0.572. The highest BCUT2D eigenvalue weighted by Crippen LogP contribution is 2.33. The number of aryl methyl sites for hydroxylation is 3. The van der Waals surface area contributed by atoms with E-state index in [2.05, 4.69) is 107 Å². The molecule has 1 aliphatic carbocycles. The first-order chi connectivity index (χ1) is 18.6. The number of hydrogen-bond acceptors (Lipinski definition) is 5. The lowest BCUT2D eigenvalue weighted by Gasteiger charge is -2.45. The summed E-state index contributed by atoms with van der Waals surface area (Å²) < 4.78 is 0. The Hall–Kier alpha value is -4.03. The van der Waals surface area contributed by atoms with Crippen molar-refractivity contribution in [2.75, 3.05) is 25.0 Å². The second-order valence-corrected chi connectivity index (χ2v) is 11.2. The summed E-state index contributed by atoms with van der Waals surface area (Å²) in [6.45, 7) is 25.9. The highest BCUT2D eigenvalue weighted by molar-refractivity contribution is 5.96. The van der Waals surface area contributed by atoms with Gasteiger partial charge in [0.2, 0.25) is 0 Å². The van der Waals surface area contributed by atoms with Gasteiger partial charge in [0.1, 0.15) is 0 Å². The Labute approximate surface area is 232 Å². The van der Waals surface area contributed by atoms with Crippen LogP contribution in [0.4, 0.5) is 5.69 Å². The van der Waals surface area contributed by atoms with Crippen LogP contribution in [0.2, 0.25) is 0 Å². The Morgan fingerprint density at radius 1 is 1.18 bits per heavy atom. The van der Waals surface area contributed by atoms with Crippen molar-refractivity contribution >= 4 is 28.9 Å². The highest BCUT2D eigenvalue weighted by atomic mass is 15.2. The molecule has 1 saturated heterocycles. The minimum atomic E-state index is 0.572. The molecule has 202 valence electrons. The molecule has 2 aliphatic rings. The largest absolute Gasteiger partial charge is 0.353 e. The van der Waals surface area contributed by atoms with E-state index in [9.17, 15) is 0 Å². The molecule has 3 heterocycles. The van der Waals surface area contributed by atoms with Gasteiger partial charge in [0.05, 0.1) is 34.5 Å². The molecule has 2 N–H and O–H groups in total. The summed E-state index contributed by atoms with van der Waals surface area (Å²) >= 11 is 0. The van der Waals surface area contributed by atoms with E-state index in [0.717, 1.165) is 52.1 Å². The van der Waals surface area contributed by atoms with Crippen LogP contribution in [0, 0.1) is 26.2 Å². The standard InChI is InChI=1S/C25H25N5.C8H15N/c1-15-12-23(17(3)27-13-15)29-18(4)25(26-5)20-9-7-19(8-10-20)24-16(2)6-11-22-21(24)14-28-30-22;1-4-5-9-6-8(2,3)7-9/h6-9,11-14,29H,4-5,10H2,1-3H3,(H,28,30);4H,1,5-7H2,2-3H3/b25-20-;. The van der Waals surface area contributed by atoms with E-state index in [1.807, 2.05) is 32.3 Å². The third-order valence-electron chi connectivity index (χ3n) is 7.08. The van der Waals surface area contributed by atoms with Crippen LogP contribution in [0.3, 0.4) is 0 Å². The maximum Gasteiger partial charge on any atom is 0.0886 e. The van der Waals surface area contributed by atoms with E-state index in [4.69, 9.17) is 0 Å². The van der Waals surface area contributed by atoms with E-state index >= 15 is 0 Å². The Balaban J connectivity index is 0.000000333. The number of aromatic amines is 1. The number of rotatable bonds is 7. The molecule has 6 heteroatoms. The molecule has 0 amide bonds. The van der Waals surface area contributed by atoms with E-state index in [-0.39, 0.29) is 0 Å². The number of benzene rings is 1. The van der Waals surface area contributed by atoms with Crippen molar-refractivity contribution in [1.29, 1.82) is 0 Å². The van der Waals surface area contributed by atoms with Crippen LogP contribution in [0.15, 0.2) is 90.0 Å². The molecule has 0 radical (unpaired) electrons. The lowest BCUT2D eigenvalue weighted by atomic mass is 9.84. The number of nitrogens with one attached hydrogen (secondary N) is 2. The second kappa shape index (κ2) is 11.8. The molecule has 5 rings (SSSR count). The average molecular weight is 521 g/mol. The third-order valence-corrected chi connectivity index (χ3v) is 7.08. The van der Waals surface area contributed by atoms with Gasteiger partial charge in [0.15, 0.2) is 0 Å². The van der Waals surface area contributed by atoms with Crippen molar-refractivity contribution in [2.45, 2.75) is 41.0 Å². The fraction of sp³-hybridized carbons (Fsp3) is 0.303. The third kappa shape index (κ3) is 6.52. The van der Waals surface area contributed by atoms with Crippen LogP contribution >= 0.6 is 0 Å². The molecular formula is C33H40N6. The Morgan fingerprint density at radius 3 is 2.59 bits per heavy atom. The van der Waals surface area contributed by atoms with Crippen LogP contribution in [0.1, 0.15) is 42.7 Å². The van der Waals surface area contributed by atoms with Gasteiger partial charge in [0, 0.05) is 31.2 Å². The summed E-state index contributed by atoms with van der Waals surface area (Å²) in [7, 11) is 0. The molecule has 0 bridgehead atoms. The number of fused-ring (bicyclic) bond motifs is 1. The van der Waals surface area contributed by atoms with Crippen LogP contribution in [-0.2, 0) is 0 Å². The lowest BCUT2D eigenvalue weighted by molar-refractivity contribution is 0.0425. The smallest absolute Gasteiger partial charge is 0.0886 e. The predicted molar refractivity (Wildman–Crippen MR) is 166 cm³/mol. The number of pyridine rings is 1. The number of aliphatic imine (C=N–C) groups is 1. The zero-order valence-corrected chi connectivity index (χ0v) is 23.9. The van der Waals surface area contributed by atoms with Gasteiger partial charge in [-0.1, -0.05) is 50.8 Å². The lowest BCUT2D eigenvalue weighted by Crippen LogP contribution is -2.52. The Kier molecular flexibility index (Phi) is 8.46. The van der Waals surface area contributed by atoms with Crippen molar-refractivity contribution in [3.63, 3.8) is 0 Å². The number of allylic oxidation sites excluding steroid dienone is 5. The summed E-state index contributed by atoms with van der Waals surface area (Å²) in [6.07, 6.45) is 12.9. The first kappa shape index (κ1) is 28.0. The second-order valence-electron chi connectivity index (χ2n) is 11.2. The van der Waals surface area contributed by atoms with Gasteiger partial charge in [-0.2, -0.15) is 5.10 Å². The van der Waals surface area contributed by atoms with E-state index in [1.54, 1.807) is 0 Å². The number of hydrogen-bond donors (Lipinski definition) is 2. The number of anilines is 1. The highest BCUT2D eigenvalue weighted by Gasteiger charge is 2.32. The maximum atomic E-state index is 4.40. The molecule has 0 spiro atoms. The van der Waals surface area contributed by atoms with Crippen molar-refractivity contribution in [2.24, 2.45) is 10.4 Å². The molecule has 2 aromatic heterocycles. The SMILES string of the molecule is C=CCN1CC(C)(C)C1.C=N/C(C(=C)Nc1cc(C)cnc1C)=C1/C=CC(c2c(C)ccc3[nH]ncc23)=CC1.